The number of nitrogen functional groups attached to an aromatic ring is 1. The molecule has 3 heterocycles. The van der Waals surface area contributed by atoms with Gasteiger partial charge >= 0.3 is 0 Å². The maximum Gasteiger partial charge on any atom is 0.203 e. The van der Waals surface area contributed by atoms with E-state index in [1.807, 2.05) is 23.6 Å². The van der Waals surface area contributed by atoms with Crippen LogP contribution < -0.4 is 5.73 Å². The molecule has 92 valence electrons. The molecule has 3 aromatic rings. The molecule has 0 aromatic carbocycles. The fourth-order valence-corrected chi connectivity index (χ4v) is 3.52. The zero-order valence-corrected chi connectivity index (χ0v) is 11.5. The van der Waals surface area contributed by atoms with E-state index in [9.17, 15) is 0 Å². The van der Waals surface area contributed by atoms with Crippen molar-refractivity contribution in [2.24, 2.45) is 0 Å². The number of nitrogens with zero attached hydrogens (tertiary/aromatic N) is 3. The maximum absolute atomic E-state index is 5.51. The molecule has 0 atom stereocenters. The number of nitrogens with two attached hydrogens (primary N) is 1. The lowest BCUT2D eigenvalue weighted by Gasteiger charge is -1.89. The van der Waals surface area contributed by atoms with Crippen LogP contribution in [-0.2, 0) is 5.75 Å². The van der Waals surface area contributed by atoms with Crippen LogP contribution in [0.25, 0.3) is 10.6 Å². The number of hydrogen-bond acceptors (Lipinski definition) is 8. The second-order valence-corrected chi connectivity index (χ2v) is 6.53. The monoisotopic (exact) mass is 296 g/mol. The van der Waals surface area contributed by atoms with Crippen molar-refractivity contribution in [1.82, 2.24) is 15.4 Å². The van der Waals surface area contributed by atoms with Crippen LogP contribution in [-0.4, -0.2) is 15.4 Å². The van der Waals surface area contributed by atoms with Gasteiger partial charge in [0.25, 0.3) is 0 Å². The van der Waals surface area contributed by atoms with Gasteiger partial charge < -0.3 is 10.3 Å². The lowest BCUT2D eigenvalue weighted by molar-refractivity contribution is 0.427. The molecule has 3 rings (SSSR count). The summed E-state index contributed by atoms with van der Waals surface area (Å²) in [6, 6.07) is 5.94. The van der Waals surface area contributed by atoms with Crippen molar-refractivity contribution in [3.05, 3.63) is 29.3 Å². The molecular formula is C10H8N4OS3. The molecule has 0 aliphatic rings. The molecule has 18 heavy (non-hydrogen) atoms. The third kappa shape index (κ3) is 2.55. The molecule has 0 fully saturated rings. The lowest BCUT2D eigenvalue weighted by Crippen LogP contribution is -1.80. The van der Waals surface area contributed by atoms with Crippen LogP contribution in [0, 0.1) is 0 Å². The van der Waals surface area contributed by atoms with E-state index in [2.05, 4.69) is 15.4 Å². The highest BCUT2D eigenvalue weighted by Gasteiger charge is 2.09. The Bertz CT molecular complexity index is 631. The van der Waals surface area contributed by atoms with Gasteiger partial charge in [0.1, 0.15) is 0 Å². The van der Waals surface area contributed by atoms with Crippen molar-refractivity contribution >= 4 is 39.6 Å². The second kappa shape index (κ2) is 5.09. The zero-order chi connectivity index (χ0) is 12.4. The van der Waals surface area contributed by atoms with Crippen molar-refractivity contribution in [2.75, 3.05) is 5.73 Å². The molecule has 0 aliphatic heterocycles. The van der Waals surface area contributed by atoms with Crippen LogP contribution in [0.4, 0.5) is 5.13 Å². The average molecular weight is 296 g/mol. The van der Waals surface area contributed by atoms with E-state index in [4.69, 9.17) is 10.3 Å². The number of thioether (sulfide) groups is 1. The smallest absolute Gasteiger partial charge is 0.203 e. The van der Waals surface area contributed by atoms with Crippen molar-refractivity contribution < 1.29 is 4.52 Å². The minimum atomic E-state index is 0.483. The molecule has 0 saturated heterocycles. The summed E-state index contributed by atoms with van der Waals surface area (Å²) in [6.45, 7) is 0. The van der Waals surface area contributed by atoms with Crippen molar-refractivity contribution in [2.45, 2.75) is 10.1 Å². The molecule has 2 N–H and O–H groups in total. The van der Waals surface area contributed by atoms with Gasteiger partial charge in [-0.3, -0.25) is 0 Å². The van der Waals surface area contributed by atoms with E-state index in [1.165, 1.54) is 11.3 Å². The minimum Gasteiger partial charge on any atom is -0.374 e. The highest BCUT2D eigenvalue weighted by Crippen LogP contribution is 2.29. The first kappa shape index (κ1) is 11.7. The molecule has 0 radical (unpaired) electrons. The second-order valence-electron chi connectivity index (χ2n) is 3.35. The van der Waals surface area contributed by atoms with E-state index in [1.54, 1.807) is 23.1 Å². The van der Waals surface area contributed by atoms with Gasteiger partial charge in [-0.25, -0.2) is 0 Å². The molecule has 0 amide bonds. The summed E-state index contributed by atoms with van der Waals surface area (Å²) in [5.74, 6) is 1.50. The van der Waals surface area contributed by atoms with Crippen LogP contribution >= 0.6 is 34.4 Å². The molecule has 0 bridgehead atoms. The Hall–Kier alpha value is -1.38. The molecule has 5 nitrogen and oxygen atoms in total. The number of hydrogen-bond donors (Lipinski definition) is 1. The molecule has 0 aliphatic carbocycles. The van der Waals surface area contributed by atoms with Crippen LogP contribution in [0.15, 0.2) is 32.4 Å². The quantitative estimate of drug-likeness (QED) is 0.745. The Morgan fingerprint density at radius 3 is 3.06 bits per heavy atom. The van der Waals surface area contributed by atoms with Gasteiger partial charge in [-0.15, -0.1) is 21.5 Å². The van der Waals surface area contributed by atoms with Gasteiger partial charge in [-0.1, -0.05) is 34.3 Å². The Morgan fingerprint density at radius 2 is 2.33 bits per heavy atom. The van der Waals surface area contributed by atoms with Crippen LogP contribution in [0.3, 0.4) is 0 Å². The predicted molar refractivity (Wildman–Crippen MR) is 73.7 cm³/mol. The van der Waals surface area contributed by atoms with E-state index < -0.39 is 0 Å². The Kier molecular flexibility index (Phi) is 3.31. The van der Waals surface area contributed by atoms with E-state index in [-0.39, 0.29) is 0 Å². The predicted octanol–water partition coefficient (Wildman–Crippen LogP) is 3.13. The Labute approximate surface area is 115 Å². The van der Waals surface area contributed by atoms with Crippen LogP contribution in [0.5, 0.6) is 0 Å². The van der Waals surface area contributed by atoms with Gasteiger partial charge in [0.15, 0.2) is 10.1 Å². The summed E-state index contributed by atoms with van der Waals surface area (Å²) < 4.78 is 6.13. The first-order chi connectivity index (χ1) is 8.81. The fourth-order valence-electron chi connectivity index (χ4n) is 1.33. The number of thiophene rings is 1. The SMILES string of the molecule is Nc1nnc(SCc2cc(-c3cccs3)on2)s1. The van der Waals surface area contributed by atoms with E-state index in [0.29, 0.717) is 10.9 Å². The van der Waals surface area contributed by atoms with Gasteiger partial charge in [-0.05, 0) is 11.4 Å². The molecule has 0 spiro atoms. The Morgan fingerprint density at radius 1 is 1.39 bits per heavy atom. The zero-order valence-electron chi connectivity index (χ0n) is 9.07. The standard InChI is InChI=1S/C10H8N4OS3/c11-9-12-13-10(18-9)17-5-6-4-7(15-14-6)8-2-1-3-16-8/h1-4H,5H2,(H2,11,12). The molecule has 3 aromatic heterocycles. The summed E-state index contributed by atoms with van der Waals surface area (Å²) in [6.07, 6.45) is 0. The number of aromatic nitrogens is 3. The normalized spacial score (nSPS) is 10.9. The van der Waals surface area contributed by atoms with Crippen molar-refractivity contribution in [1.29, 1.82) is 0 Å². The fraction of sp³-hybridized carbons (Fsp3) is 0.100. The van der Waals surface area contributed by atoms with Crippen molar-refractivity contribution in [3.63, 3.8) is 0 Å². The third-order valence-corrected chi connectivity index (χ3v) is 4.89. The van der Waals surface area contributed by atoms with Gasteiger partial charge in [0, 0.05) is 11.8 Å². The molecule has 0 saturated carbocycles. The summed E-state index contributed by atoms with van der Waals surface area (Å²) in [5.41, 5.74) is 6.40. The van der Waals surface area contributed by atoms with Gasteiger partial charge in [0.2, 0.25) is 5.13 Å². The molecule has 8 heteroatoms. The number of rotatable bonds is 4. The first-order valence-electron chi connectivity index (χ1n) is 5.02. The maximum atomic E-state index is 5.51. The summed E-state index contributed by atoms with van der Waals surface area (Å²) in [5, 5.41) is 14.2. The largest absolute Gasteiger partial charge is 0.374 e. The van der Waals surface area contributed by atoms with Crippen LogP contribution in [0.1, 0.15) is 5.69 Å². The van der Waals surface area contributed by atoms with E-state index >= 15 is 0 Å². The lowest BCUT2D eigenvalue weighted by atomic mass is 10.3. The van der Waals surface area contributed by atoms with Crippen LogP contribution in [0.2, 0.25) is 0 Å². The highest BCUT2D eigenvalue weighted by molar-refractivity contribution is 8.00. The first-order valence-corrected chi connectivity index (χ1v) is 7.71. The highest BCUT2D eigenvalue weighted by atomic mass is 32.2. The Balaban J connectivity index is 1.67. The van der Waals surface area contributed by atoms with E-state index in [0.717, 1.165) is 20.7 Å². The third-order valence-electron chi connectivity index (χ3n) is 2.09. The summed E-state index contributed by atoms with van der Waals surface area (Å²) in [4.78, 5) is 1.08. The summed E-state index contributed by atoms with van der Waals surface area (Å²) in [7, 11) is 0. The number of anilines is 1. The average Bonchev–Trinajstić information content (AvgIpc) is 3.07. The minimum absolute atomic E-state index is 0.483. The topological polar surface area (TPSA) is 77.8 Å². The van der Waals surface area contributed by atoms with Crippen molar-refractivity contribution in [3.8, 4) is 10.6 Å². The van der Waals surface area contributed by atoms with Gasteiger partial charge in [0.05, 0.1) is 10.6 Å². The molecule has 0 unspecified atom stereocenters. The summed E-state index contributed by atoms with van der Waals surface area (Å²) >= 11 is 4.55. The van der Waals surface area contributed by atoms with Gasteiger partial charge in [-0.2, -0.15) is 0 Å². The molecular weight excluding hydrogens is 288 g/mol.